The Hall–Kier alpha value is -10.4. The van der Waals surface area contributed by atoms with E-state index < -0.39 is 0 Å². The summed E-state index contributed by atoms with van der Waals surface area (Å²) in [6, 6.07) is 84.3. The van der Waals surface area contributed by atoms with Crippen LogP contribution in [0.4, 0.5) is 0 Å². The number of para-hydroxylation sites is 4. The van der Waals surface area contributed by atoms with E-state index in [2.05, 4.69) is 187 Å². The molecule has 16 aromatic rings. The number of nitrogens with zero attached hydrogens (tertiary/aromatic N) is 4. The molecule has 76 heavy (non-hydrogen) atoms. The quantitative estimate of drug-likeness (QED) is 0.158. The van der Waals surface area contributed by atoms with Crippen molar-refractivity contribution >= 4 is 87.6 Å². The fourth-order valence-electron chi connectivity index (χ4n) is 11.7. The van der Waals surface area contributed by atoms with Crippen LogP contribution in [0.5, 0.6) is 0 Å². The summed E-state index contributed by atoms with van der Waals surface area (Å²) < 4.78 is 22.5. The van der Waals surface area contributed by atoms with Gasteiger partial charge in [0, 0.05) is 71.0 Å². The molecule has 354 valence electrons. The molecule has 7 nitrogen and oxygen atoms in total. The van der Waals surface area contributed by atoms with Crippen molar-refractivity contribution in [1.29, 1.82) is 0 Å². The minimum Gasteiger partial charge on any atom is -0.456 e. The molecule has 11 aromatic carbocycles. The first kappa shape index (κ1) is 42.2. The molecule has 0 fully saturated rings. The van der Waals surface area contributed by atoms with Gasteiger partial charge in [-0.05, 0) is 101 Å². The maximum atomic E-state index is 6.91. The Morgan fingerprint density at radius 1 is 0.263 bits per heavy atom. The largest absolute Gasteiger partial charge is 0.456 e. The molecule has 7 heteroatoms. The van der Waals surface area contributed by atoms with E-state index in [-0.39, 0.29) is 0 Å². The topological polar surface area (TPSA) is 83.0 Å². The average Bonchev–Trinajstić information content (AvgIpc) is 4.27. The molecular formula is C69H40N4O3. The van der Waals surface area contributed by atoms with E-state index in [0.29, 0.717) is 17.5 Å². The molecule has 0 N–H and O–H groups in total. The smallest absolute Gasteiger partial charge is 0.164 e. The zero-order chi connectivity index (χ0) is 49.8. The van der Waals surface area contributed by atoms with Gasteiger partial charge >= 0.3 is 0 Å². The van der Waals surface area contributed by atoms with Crippen molar-refractivity contribution in [1.82, 2.24) is 19.5 Å². The average molecular weight is 973 g/mol. The van der Waals surface area contributed by atoms with Crippen molar-refractivity contribution in [2.24, 2.45) is 0 Å². The minimum atomic E-state index is 0.533. The number of rotatable bonds is 7. The molecule has 5 aromatic heterocycles. The van der Waals surface area contributed by atoms with Gasteiger partial charge < -0.3 is 17.8 Å². The highest BCUT2D eigenvalue weighted by Crippen LogP contribution is 2.45. The second kappa shape index (κ2) is 16.6. The monoisotopic (exact) mass is 972 g/mol. The maximum Gasteiger partial charge on any atom is 0.164 e. The molecule has 0 saturated heterocycles. The second-order valence-corrected chi connectivity index (χ2v) is 19.4. The number of benzene rings is 11. The van der Waals surface area contributed by atoms with Gasteiger partial charge in [-0.15, -0.1) is 0 Å². The first-order valence-electron chi connectivity index (χ1n) is 25.5. The SMILES string of the molecule is c1ccc(-c2nc(-c3cc(-c4ccccc4)c4c(c3)oc3ccccc34)nc(-c3cccc4oc5ccc(-c6cccc7oc8c(-c9ccc%10c(c9)c9ccccc9n%10-c9ccccc9)cccc8c67)cc5c34)n2)cc1. The lowest BCUT2D eigenvalue weighted by Crippen LogP contribution is -2.00. The van der Waals surface area contributed by atoms with E-state index in [4.69, 9.17) is 28.2 Å². The van der Waals surface area contributed by atoms with Crippen molar-refractivity contribution in [2.75, 3.05) is 0 Å². The molecule has 0 aliphatic rings. The van der Waals surface area contributed by atoms with Gasteiger partial charge in [0.15, 0.2) is 17.5 Å². The fourth-order valence-corrected chi connectivity index (χ4v) is 11.7. The van der Waals surface area contributed by atoms with E-state index >= 15 is 0 Å². The van der Waals surface area contributed by atoms with E-state index in [0.717, 1.165) is 127 Å². The van der Waals surface area contributed by atoms with Gasteiger partial charge in [-0.3, -0.25) is 0 Å². The molecule has 16 rings (SSSR count). The summed E-state index contributed by atoms with van der Waals surface area (Å²) >= 11 is 0. The van der Waals surface area contributed by atoms with Crippen molar-refractivity contribution in [2.45, 2.75) is 0 Å². The van der Waals surface area contributed by atoms with Crippen LogP contribution in [0.2, 0.25) is 0 Å². The van der Waals surface area contributed by atoms with Gasteiger partial charge in [0.25, 0.3) is 0 Å². The predicted molar refractivity (Wildman–Crippen MR) is 309 cm³/mol. The Labute approximate surface area is 434 Å². The van der Waals surface area contributed by atoms with Gasteiger partial charge in [-0.25, -0.2) is 15.0 Å². The van der Waals surface area contributed by atoms with E-state index in [1.165, 1.54) is 16.3 Å². The van der Waals surface area contributed by atoms with Crippen LogP contribution in [0.3, 0.4) is 0 Å². The fraction of sp³-hybridized carbons (Fsp3) is 0. The molecular weight excluding hydrogens is 933 g/mol. The Morgan fingerprint density at radius 3 is 1.63 bits per heavy atom. The zero-order valence-corrected chi connectivity index (χ0v) is 40.6. The maximum absolute atomic E-state index is 6.91. The van der Waals surface area contributed by atoms with Crippen molar-refractivity contribution in [3.05, 3.63) is 243 Å². The summed E-state index contributed by atoms with van der Waals surface area (Å²) in [4.78, 5) is 15.8. The highest BCUT2D eigenvalue weighted by molar-refractivity contribution is 6.19. The highest BCUT2D eigenvalue weighted by atomic mass is 16.3. The van der Waals surface area contributed by atoms with Crippen LogP contribution < -0.4 is 0 Å². The Balaban J connectivity index is 0.855. The lowest BCUT2D eigenvalue weighted by Gasteiger charge is -2.11. The summed E-state index contributed by atoms with van der Waals surface area (Å²) in [6.07, 6.45) is 0. The number of aromatic nitrogens is 4. The van der Waals surface area contributed by atoms with Gasteiger partial charge in [-0.2, -0.15) is 0 Å². The molecule has 0 atom stereocenters. The molecule has 0 amide bonds. The molecule has 0 saturated carbocycles. The molecule has 0 aliphatic carbocycles. The van der Waals surface area contributed by atoms with Crippen molar-refractivity contribution in [3.8, 4) is 73.2 Å². The molecule has 0 bridgehead atoms. The number of furan rings is 3. The van der Waals surface area contributed by atoms with Gasteiger partial charge in [0.2, 0.25) is 0 Å². The van der Waals surface area contributed by atoms with Crippen LogP contribution in [-0.2, 0) is 0 Å². The first-order valence-corrected chi connectivity index (χ1v) is 25.5. The van der Waals surface area contributed by atoms with Crippen LogP contribution in [-0.4, -0.2) is 19.5 Å². The van der Waals surface area contributed by atoms with Crippen LogP contribution in [0.1, 0.15) is 0 Å². The summed E-state index contributed by atoms with van der Waals surface area (Å²) in [7, 11) is 0. The van der Waals surface area contributed by atoms with Crippen LogP contribution in [0.25, 0.3) is 161 Å². The summed E-state index contributed by atoms with van der Waals surface area (Å²) in [5.41, 5.74) is 17.1. The molecule has 0 radical (unpaired) electrons. The van der Waals surface area contributed by atoms with E-state index in [9.17, 15) is 0 Å². The van der Waals surface area contributed by atoms with Crippen molar-refractivity contribution in [3.63, 3.8) is 0 Å². The third kappa shape index (κ3) is 6.52. The summed E-state index contributed by atoms with van der Waals surface area (Å²) in [5.74, 6) is 1.63. The zero-order valence-electron chi connectivity index (χ0n) is 40.6. The standard InChI is InChI=1S/C69H40N4O3/c1-4-17-41(18-5-1)53-39-45(40-62-64(53)50-24-11-13-30-58(50)75-62)68-70-67(42-19-6-2-7-20-42)71-69(72-68)52-28-16-31-60-65(52)55-38-43(34-36-59(55)74-60)47-25-15-32-61-63(47)51-27-14-26-48(66(51)76-61)44-33-35-57-54(37-44)49-23-10-12-29-56(49)73(57)46-21-8-3-9-22-46/h1-40H. The third-order valence-electron chi connectivity index (χ3n) is 15.1. The Morgan fingerprint density at radius 2 is 0.803 bits per heavy atom. The lowest BCUT2D eigenvalue weighted by molar-refractivity contribution is 0.668. The number of fused-ring (bicyclic) bond motifs is 12. The lowest BCUT2D eigenvalue weighted by atomic mass is 9.95. The van der Waals surface area contributed by atoms with Gasteiger partial charge in [-0.1, -0.05) is 170 Å². The van der Waals surface area contributed by atoms with E-state index in [1.807, 2.05) is 60.7 Å². The highest BCUT2D eigenvalue weighted by Gasteiger charge is 2.23. The Kier molecular flexibility index (Phi) is 9.20. The molecule has 0 unspecified atom stereocenters. The normalized spacial score (nSPS) is 11.9. The molecule has 0 spiro atoms. The summed E-state index contributed by atoms with van der Waals surface area (Å²) in [5, 5.41) is 8.49. The molecule has 5 heterocycles. The van der Waals surface area contributed by atoms with Gasteiger partial charge in [0.05, 0.1) is 11.0 Å². The summed E-state index contributed by atoms with van der Waals surface area (Å²) in [6.45, 7) is 0. The van der Waals surface area contributed by atoms with E-state index in [1.54, 1.807) is 0 Å². The van der Waals surface area contributed by atoms with Crippen LogP contribution in [0.15, 0.2) is 256 Å². The Bertz CT molecular complexity index is 4990. The number of hydrogen-bond donors (Lipinski definition) is 0. The second-order valence-electron chi connectivity index (χ2n) is 19.4. The minimum absolute atomic E-state index is 0.533. The molecule has 0 aliphatic heterocycles. The van der Waals surface area contributed by atoms with Crippen LogP contribution >= 0.6 is 0 Å². The number of hydrogen-bond acceptors (Lipinski definition) is 6. The van der Waals surface area contributed by atoms with Gasteiger partial charge in [0.1, 0.15) is 33.5 Å². The third-order valence-corrected chi connectivity index (χ3v) is 15.1. The van der Waals surface area contributed by atoms with Crippen molar-refractivity contribution < 1.29 is 13.3 Å². The predicted octanol–water partition coefficient (Wildman–Crippen LogP) is 18.7. The van der Waals surface area contributed by atoms with Crippen LogP contribution in [0, 0.1) is 0 Å². The first-order chi connectivity index (χ1) is 37.7.